The van der Waals surface area contributed by atoms with Gasteiger partial charge in [-0.05, 0) is 31.0 Å². The smallest absolute Gasteiger partial charge is 0.239 e. The van der Waals surface area contributed by atoms with E-state index in [1.807, 2.05) is 19.9 Å². The third-order valence-corrected chi connectivity index (χ3v) is 3.66. The molecule has 0 spiro atoms. The molecule has 2 N–H and O–H groups in total. The van der Waals surface area contributed by atoms with Gasteiger partial charge in [0.25, 0.3) is 0 Å². The predicted octanol–water partition coefficient (Wildman–Crippen LogP) is 3.25. The van der Waals surface area contributed by atoms with Crippen molar-refractivity contribution in [1.82, 2.24) is 4.90 Å². The number of hydrogen-bond acceptors (Lipinski definition) is 2. The molecule has 3 nitrogen and oxygen atoms in total. The fourth-order valence-electron chi connectivity index (χ4n) is 1.68. The van der Waals surface area contributed by atoms with E-state index < -0.39 is 6.04 Å². The Balaban J connectivity index is 2.92. The first kappa shape index (κ1) is 15.3. The second kappa shape index (κ2) is 6.41. The Hall–Kier alpha value is -0.770. The lowest BCUT2D eigenvalue weighted by Crippen LogP contribution is -2.42. The number of nitrogens with zero attached hydrogens (tertiary/aromatic N) is 1. The van der Waals surface area contributed by atoms with Crippen molar-refractivity contribution in [3.8, 4) is 0 Å². The summed E-state index contributed by atoms with van der Waals surface area (Å²) in [5, 5.41) is 1.13. The minimum Gasteiger partial charge on any atom is -0.338 e. The Morgan fingerprint density at radius 1 is 1.44 bits per heavy atom. The number of amides is 1. The normalized spacial score (nSPS) is 14.1. The summed E-state index contributed by atoms with van der Waals surface area (Å²) in [6.07, 6.45) is 0.615. The van der Waals surface area contributed by atoms with Crippen molar-refractivity contribution in [2.75, 3.05) is 7.05 Å². The molecule has 1 amide bonds. The number of carbonyl (C=O) groups is 1. The molecule has 0 saturated heterocycles. The van der Waals surface area contributed by atoms with Crippen molar-refractivity contribution in [1.29, 1.82) is 0 Å². The van der Waals surface area contributed by atoms with Crippen molar-refractivity contribution >= 4 is 29.1 Å². The number of nitrogens with two attached hydrogens (primary N) is 1. The monoisotopic (exact) mass is 288 g/mol. The lowest BCUT2D eigenvalue weighted by Gasteiger charge is -2.28. The van der Waals surface area contributed by atoms with Crippen LogP contribution in [0.15, 0.2) is 18.2 Å². The maximum Gasteiger partial charge on any atom is 0.239 e. The molecule has 1 aromatic carbocycles. The van der Waals surface area contributed by atoms with Crippen LogP contribution in [0.2, 0.25) is 10.0 Å². The van der Waals surface area contributed by atoms with Crippen molar-refractivity contribution in [3.05, 3.63) is 33.8 Å². The highest BCUT2D eigenvalue weighted by atomic mass is 35.5. The lowest BCUT2D eigenvalue weighted by atomic mass is 10.1. The van der Waals surface area contributed by atoms with Crippen LogP contribution in [0.5, 0.6) is 0 Å². The average molecular weight is 289 g/mol. The lowest BCUT2D eigenvalue weighted by molar-refractivity contribution is -0.133. The van der Waals surface area contributed by atoms with Crippen LogP contribution >= 0.6 is 23.2 Å². The molecule has 0 aliphatic carbocycles. The van der Waals surface area contributed by atoms with Crippen molar-refractivity contribution in [3.63, 3.8) is 0 Å². The molecular formula is C13H18Cl2N2O. The van der Waals surface area contributed by atoms with Crippen LogP contribution in [0.3, 0.4) is 0 Å². The van der Waals surface area contributed by atoms with Crippen molar-refractivity contribution < 1.29 is 4.79 Å². The van der Waals surface area contributed by atoms with Crippen LogP contribution in [-0.2, 0) is 4.79 Å². The van der Waals surface area contributed by atoms with Gasteiger partial charge >= 0.3 is 0 Å². The number of benzene rings is 1. The molecule has 0 radical (unpaired) electrons. The van der Waals surface area contributed by atoms with Crippen molar-refractivity contribution in [2.24, 2.45) is 5.73 Å². The second-order valence-corrected chi connectivity index (χ2v) is 5.15. The summed E-state index contributed by atoms with van der Waals surface area (Å²) < 4.78 is 0. The van der Waals surface area contributed by atoms with Crippen LogP contribution in [0.1, 0.15) is 31.9 Å². The molecule has 0 fully saturated rings. The summed E-state index contributed by atoms with van der Waals surface area (Å²) in [5.74, 6) is -0.0870. The highest BCUT2D eigenvalue weighted by Crippen LogP contribution is 2.29. The van der Waals surface area contributed by atoms with E-state index in [9.17, 15) is 4.79 Å². The van der Waals surface area contributed by atoms with Crippen LogP contribution in [-0.4, -0.2) is 23.9 Å². The van der Waals surface area contributed by atoms with E-state index >= 15 is 0 Å². The summed E-state index contributed by atoms with van der Waals surface area (Å²) in [5.41, 5.74) is 6.61. The Labute approximate surface area is 118 Å². The highest BCUT2D eigenvalue weighted by molar-refractivity contribution is 6.35. The zero-order valence-corrected chi connectivity index (χ0v) is 12.3. The SMILES string of the molecule is CC[C@@H](N)C(=O)N(C)C(C)c1ccc(Cl)cc1Cl. The maximum absolute atomic E-state index is 12.0. The average Bonchev–Trinajstić information content (AvgIpc) is 2.35. The largest absolute Gasteiger partial charge is 0.338 e. The van der Waals surface area contributed by atoms with Crippen molar-refractivity contribution in [2.45, 2.75) is 32.4 Å². The molecule has 5 heteroatoms. The van der Waals surface area contributed by atoms with Gasteiger partial charge in [0.2, 0.25) is 5.91 Å². The molecule has 1 rings (SSSR count). The van der Waals surface area contributed by atoms with Crippen LogP contribution in [0.4, 0.5) is 0 Å². The Bertz CT molecular complexity index is 437. The van der Waals surface area contributed by atoms with Crippen LogP contribution in [0, 0.1) is 0 Å². The first-order valence-electron chi connectivity index (χ1n) is 5.85. The third-order valence-electron chi connectivity index (χ3n) is 3.10. The maximum atomic E-state index is 12.0. The first-order chi connectivity index (χ1) is 8.38. The summed E-state index contributed by atoms with van der Waals surface area (Å²) in [6, 6.07) is 4.66. The molecule has 0 bridgehead atoms. The molecule has 0 saturated carbocycles. The van der Waals surface area contributed by atoms with Gasteiger partial charge < -0.3 is 10.6 Å². The number of rotatable bonds is 4. The van der Waals surface area contributed by atoms with E-state index in [2.05, 4.69) is 0 Å². The summed E-state index contributed by atoms with van der Waals surface area (Å²) >= 11 is 12.0. The van der Waals surface area contributed by atoms with Gasteiger partial charge in [-0.2, -0.15) is 0 Å². The molecule has 1 unspecified atom stereocenters. The zero-order valence-electron chi connectivity index (χ0n) is 10.8. The second-order valence-electron chi connectivity index (χ2n) is 4.31. The van der Waals surface area contributed by atoms with Crippen LogP contribution < -0.4 is 5.73 Å². The van der Waals surface area contributed by atoms with E-state index in [0.717, 1.165) is 5.56 Å². The first-order valence-corrected chi connectivity index (χ1v) is 6.61. The topological polar surface area (TPSA) is 46.3 Å². The quantitative estimate of drug-likeness (QED) is 0.924. The molecule has 100 valence electrons. The highest BCUT2D eigenvalue weighted by Gasteiger charge is 2.23. The molecule has 0 heterocycles. The van der Waals surface area contributed by atoms with E-state index in [-0.39, 0.29) is 11.9 Å². The Kier molecular flexibility index (Phi) is 5.45. The van der Waals surface area contributed by atoms with Gasteiger partial charge in [-0.25, -0.2) is 0 Å². The fraction of sp³-hybridized carbons (Fsp3) is 0.462. The summed E-state index contributed by atoms with van der Waals surface area (Å²) in [4.78, 5) is 13.6. The van der Waals surface area contributed by atoms with Gasteiger partial charge in [0.05, 0.1) is 12.1 Å². The molecule has 2 atom stereocenters. The Morgan fingerprint density at radius 2 is 2.06 bits per heavy atom. The minimum atomic E-state index is -0.469. The van der Waals surface area contributed by atoms with E-state index in [0.29, 0.717) is 16.5 Å². The molecular weight excluding hydrogens is 271 g/mol. The van der Waals surface area contributed by atoms with Gasteiger partial charge in [0.1, 0.15) is 0 Å². The zero-order chi connectivity index (χ0) is 13.9. The minimum absolute atomic E-state index is 0.0870. The number of halogens is 2. The van der Waals surface area contributed by atoms with Gasteiger partial charge in [0.15, 0.2) is 0 Å². The van der Waals surface area contributed by atoms with Gasteiger partial charge in [0, 0.05) is 17.1 Å². The fourth-order valence-corrected chi connectivity index (χ4v) is 2.24. The van der Waals surface area contributed by atoms with E-state index in [1.54, 1.807) is 24.1 Å². The third kappa shape index (κ3) is 3.37. The van der Waals surface area contributed by atoms with Gasteiger partial charge in [-0.15, -0.1) is 0 Å². The molecule has 0 aromatic heterocycles. The number of likely N-dealkylation sites (N-methyl/N-ethyl adjacent to an activating group) is 1. The Morgan fingerprint density at radius 3 is 2.56 bits per heavy atom. The number of carbonyl (C=O) groups excluding carboxylic acids is 1. The molecule has 18 heavy (non-hydrogen) atoms. The summed E-state index contributed by atoms with van der Waals surface area (Å²) in [7, 11) is 1.73. The summed E-state index contributed by atoms with van der Waals surface area (Å²) in [6.45, 7) is 3.80. The number of hydrogen-bond donors (Lipinski definition) is 1. The van der Waals surface area contributed by atoms with Gasteiger partial charge in [-0.3, -0.25) is 4.79 Å². The molecule has 0 aliphatic heterocycles. The van der Waals surface area contributed by atoms with Gasteiger partial charge in [-0.1, -0.05) is 36.2 Å². The standard InChI is InChI=1S/C13H18Cl2N2O/c1-4-12(16)13(18)17(3)8(2)10-6-5-9(14)7-11(10)15/h5-8,12H,4,16H2,1-3H3/t8?,12-/m1/s1. The molecule has 1 aromatic rings. The van der Waals surface area contributed by atoms with E-state index in [1.165, 1.54) is 0 Å². The van der Waals surface area contributed by atoms with Crippen LogP contribution in [0.25, 0.3) is 0 Å². The molecule has 0 aliphatic rings. The predicted molar refractivity (Wildman–Crippen MR) is 75.9 cm³/mol. The van der Waals surface area contributed by atoms with E-state index in [4.69, 9.17) is 28.9 Å².